The van der Waals surface area contributed by atoms with Gasteiger partial charge in [0.25, 0.3) is 0 Å². The zero-order chi connectivity index (χ0) is 16.9. The van der Waals surface area contributed by atoms with Crippen molar-refractivity contribution in [3.05, 3.63) is 36.3 Å². The Balaban J connectivity index is 0.00000529. The standard InChI is InChI=1S/C18H31N3O2.HI/c1-15(2)8-12-22-13-10-20-18(21-14-16(3)4)19-9-7-17-6-5-11-23-17;/h5-6,11,15H,3,7-10,12-14H2,1-2,4H3,(H2,19,20,21);1H. The predicted octanol–water partition coefficient (Wildman–Crippen LogP) is 3.61. The molecule has 1 heterocycles. The minimum absolute atomic E-state index is 0. The molecule has 0 amide bonds. The van der Waals surface area contributed by atoms with Gasteiger partial charge in [-0.3, -0.25) is 0 Å². The summed E-state index contributed by atoms with van der Waals surface area (Å²) in [5, 5.41) is 6.59. The van der Waals surface area contributed by atoms with E-state index in [0.29, 0.717) is 19.1 Å². The smallest absolute Gasteiger partial charge is 0.191 e. The first-order valence-electron chi connectivity index (χ1n) is 8.34. The molecule has 1 rings (SSSR count). The van der Waals surface area contributed by atoms with E-state index in [0.717, 1.165) is 49.8 Å². The Hall–Kier alpha value is -1.02. The third kappa shape index (κ3) is 12.4. The summed E-state index contributed by atoms with van der Waals surface area (Å²) in [5.74, 6) is 2.43. The van der Waals surface area contributed by atoms with E-state index in [1.165, 1.54) is 0 Å². The lowest BCUT2D eigenvalue weighted by Crippen LogP contribution is -2.40. The molecule has 0 atom stereocenters. The van der Waals surface area contributed by atoms with Crippen LogP contribution in [0.4, 0.5) is 0 Å². The van der Waals surface area contributed by atoms with Crippen LogP contribution in [-0.2, 0) is 11.2 Å². The molecule has 1 aromatic rings. The largest absolute Gasteiger partial charge is 0.469 e. The van der Waals surface area contributed by atoms with E-state index in [1.54, 1.807) is 6.26 Å². The van der Waals surface area contributed by atoms with Crippen LogP contribution in [0.15, 0.2) is 40.0 Å². The molecule has 0 fully saturated rings. The molecule has 5 nitrogen and oxygen atoms in total. The number of hydrogen-bond donors (Lipinski definition) is 2. The molecule has 1 aromatic heterocycles. The van der Waals surface area contributed by atoms with Crippen molar-refractivity contribution in [2.24, 2.45) is 10.9 Å². The molecule has 0 unspecified atom stereocenters. The molecule has 2 N–H and O–H groups in total. The van der Waals surface area contributed by atoms with Crippen LogP contribution in [0.3, 0.4) is 0 Å². The lowest BCUT2D eigenvalue weighted by molar-refractivity contribution is 0.128. The maximum atomic E-state index is 5.61. The first kappa shape index (κ1) is 23.0. The Bertz CT molecular complexity index is 459. The summed E-state index contributed by atoms with van der Waals surface area (Å²) in [4.78, 5) is 4.50. The van der Waals surface area contributed by atoms with E-state index in [1.807, 2.05) is 19.1 Å². The Labute approximate surface area is 163 Å². The maximum absolute atomic E-state index is 5.61. The first-order chi connectivity index (χ1) is 11.1. The Morgan fingerprint density at radius 3 is 2.67 bits per heavy atom. The van der Waals surface area contributed by atoms with Gasteiger partial charge < -0.3 is 19.8 Å². The van der Waals surface area contributed by atoms with E-state index < -0.39 is 0 Å². The summed E-state index contributed by atoms with van der Waals surface area (Å²) in [6, 6.07) is 3.88. The summed E-state index contributed by atoms with van der Waals surface area (Å²) in [6.07, 6.45) is 3.61. The van der Waals surface area contributed by atoms with Gasteiger partial charge in [-0.05, 0) is 31.4 Å². The van der Waals surface area contributed by atoms with E-state index in [2.05, 4.69) is 36.1 Å². The van der Waals surface area contributed by atoms with Crippen molar-refractivity contribution < 1.29 is 9.15 Å². The lowest BCUT2D eigenvalue weighted by atomic mass is 10.1. The molecular weight excluding hydrogens is 417 g/mol. The number of guanidine groups is 1. The molecule has 6 heteroatoms. The van der Waals surface area contributed by atoms with Crippen LogP contribution in [0, 0.1) is 5.92 Å². The van der Waals surface area contributed by atoms with Crippen LogP contribution >= 0.6 is 24.0 Å². The second-order valence-corrected chi connectivity index (χ2v) is 6.10. The van der Waals surface area contributed by atoms with Gasteiger partial charge in [0.05, 0.1) is 19.4 Å². The molecule has 0 aliphatic heterocycles. The van der Waals surface area contributed by atoms with E-state index in [9.17, 15) is 0 Å². The zero-order valence-corrected chi connectivity index (χ0v) is 17.5. The molecule has 0 aliphatic rings. The number of ether oxygens (including phenoxy) is 1. The Kier molecular flexibility index (Phi) is 13.7. The summed E-state index contributed by atoms with van der Waals surface area (Å²) < 4.78 is 10.9. The monoisotopic (exact) mass is 449 g/mol. The molecule has 0 saturated carbocycles. The summed E-state index contributed by atoms with van der Waals surface area (Å²) in [6.45, 7) is 13.9. The van der Waals surface area contributed by atoms with Crippen LogP contribution in [0.25, 0.3) is 0 Å². The quantitative estimate of drug-likeness (QED) is 0.178. The van der Waals surface area contributed by atoms with Crippen molar-refractivity contribution in [1.82, 2.24) is 10.6 Å². The van der Waals surface area contributed by atoms with Gasteiger partial charge >= 0.3 is 0 Å². The topological polar surface area (TPSA) is 58.8 Å². The predicted molar refractivity (Wildman–Crippen MR) is 111 cm³/mol. The zero-order valence-electron chi connectivity index (χ0n) is 15.1. The third-order valence-electron chi connectivity index (χ3n) is 3.13. The number of rotatable bonds is 11. The fourth-order valence-electron chi connectivity index (χ4n) is 1.81. The van der Waals surface area contributed by atoms with Gasteiger partial charge in [0.2, 0.25) is 0 Å². The molecule has 0 aliphatic carbocycles. The number of aliphatic imine (C=N–C) groups is 1. The third-order valence-corrected chi connectivity index (χ3v) is 3.13. The molecule has 0 bridgehead atoms. The van der Waals surface area contributed by atoms with E-state index in [-0.39, 0.29) is 24.0 Å². The maximum Gasteiger partial charge on any atom is 0.191 e. The van der Waals surface area contributed by atoms with Crippen LogP contribution < -0.4 is 10.6 Å². The average Bonchev–Trinajstić information content (AvgIpc) is 3.00. The van der Waals surface area contributed by atoms with Gasteiger partial charge in [-0.25, -0.2) is 4.99 Å². The van der Waals surface area contributed by atoms with Crippen molar-refractivity contribution in [3.63, 3.8) is 0 Å². The fourth-order valence-corrected chi connectivity index (χ4v) is 1.81. The van der Waals surface area contributed by atoms with Crippen LogP contribution in [-0.4, -0.2) is 38.8 Å². The number of nitrogens with zero attached hydrogens (tertiary/aromatic N) is 1. The summed E-state index contributed by atoms with van der Waals surface area (Å²) in [7, 11) is 0. The molecule has 138 valence electrons. The second-order valence-electron chi connectivity index (χ2n) is 6.10. The summed E-state index contributed by atoms with van der Waals surface area (Å²) >= 11 is 0. The molecule has 0 aromatic carbocycles. The van der Waals surface area contributed by atoms with Crippen LogP contribution in [0.1, 0.15) is 33.0 Å². The van der Waals surface area contributed by atoms with Gasteiger partial charge in [-0.15, -0.1) is 24.0 Å². The van der Waals surface area contributed by atoms with Gasteiger partial charge in [-0.1, -0.05) is 26.0 Å². The van der Waals surface area contributed by atoms with Gasteiger partial charge in [0.15, 0.2) is 5.96 Å². The minimum Gasteiger partial charge on any atom is -0.469 e. The molecular formula is C18H32IN3O2. The van der Waals surface area contributed by atoms with Crippen LogP contribution in [0.5, 0.6) is 0 Å². The van der Waals surface area contributed by atoms with Crippen molar-refractivity contribution in [3.8, 4) is 0 Å². The van der Waals surface area contributed by atoms with E-state index >= 15 is 0 Å². The lowest BCUT2D eigenvalue weighted by Gasteiger charge is -2.13. The highest BCUT2D eigenvalue weighted by molar-refractivity contribution is 14.0. The van der Waals surface area contributed by atoms with Crippen molar-refractivity contribution in [2.45, 2.75) is 33.6 Å². The van der Waals surface area contributed by atoms with Crippen molar-refractivity contribution >= 4 is 29.9 Å². The van der Waals surface area contributed by atoms with Gasteiger partial charge in [0, 0.05) is 26.1 Å². The highest BCUT2D eigenvalue weighted by Gasteiger charge is 2.01. The van der Waals surface area contributed by atoms with Crippen molar-refractivity contribution in [1.29, 1.82) is 0 Å². The second kappa shape index (κ2) is 14.3. The number of halogens is 1. The Morgan fingerprint density at radius 1 is 1.29 bits per heavy atom. The number of hydrogen-bond acceptors (Lipinski definition) is 3. The summed E-state index contributed by atoms with van der Waals surface area (Å²) in [5.41, 5.74) is 1.03. The van der Waals surface area contributed by atoms with Crippen molar-refractivity contribution in [2.75, 3.05) is 32.8 Å². The minimum atomic E-state index is 0. The molecule has 0 spiro atoms. The van der Waals surface area contributed by atoms with Crippen LogP contribution in [0.2, 0.25) is 0 Å². The highest BCUT2D eigenvalue weighted by Crippen LogP contribution is 1.99. The molecule has 24 heavy (non-hydrogen) atoms. The first-order valence-corrected chi connectivity index (χ1v) is 8.34. The van der Waals surface area contributed by atoms with Gasteiger partial charge in [-0.2, -0.15) is 0 Å². The number of nitrogens with one attached hydrogen (secondary N) is 2. The fraction of sp³-hybridized carbons (Fsp3) is 0.611. The highest BCUT2D eigenvalue weighted by atomic mass is 127. The molecule has 0 saturated heterocycles. The average molecular weight is 449 g/mol. The SMILES string of the molecule is C=C(C)CN=C(NCCOCCC(C)C)NCCc1ccco1.I. The van der Waals surface area contributed by atoms with Gasteiger partial charge in [0.1, 0.15) is 5.76 Å². The Morgan fingerprint density at radius 2 is 2.04 bits per heavy atom. The van der Waals surface area contributed by atoms with E-state index in [4.69, 9.17) is 9.15 Å². The normalized spacial score (nSPS) is 11.2. The molecule has 0 radical (unpaired) electrons. The number of furan rings is 1.